The number of amides is 2. The van der Waals surface area contributed by atoms with Gasteiger partial charge in [-0.15, -0.1) is 11.3 Å². The molecule has 0 saturated heterocycles. The predicted octanol–water partition coefficient (Wildman–Crippen LogP) is 2.10. The molecule has 0 fully saturated rings. The number of benzene rings is 1. The van der Waals surface area contributed by atoms with E-state index in [1.54, 1.807) is 30.5 Å². The van der Waals surface area contributed by atoms with Crippen LogP contribution in [0.15, 0.2) is 35.7 Å². The first-order valence-corrected chi connectivity index (χ1v) is 8.45. The van der Waals surface area contributed by atoms with Crippen LogP contribution in [0.1, 0.15) is 20.8 Å². The summed E-state index contributed by atoms with van der Waals surface area (Å²) in [7, 11) is 1.59. The average molecular weight is 329 g/mol. The Hall–Kier alpha value is -2.34. The molecule has 120 valence electrons. The quantitative estimate of drug-likeness (QED) is 0.903. The number of rotatable bonds is 4. The number of nitrogens with one attached hydrogen (secondary N) is 2. The van der Waals surface area contributed by atoms with E-state index in [-0.39, 0.29) is 18.4 Å². The number of carbonyl (C=O) groups is 2. The lowest BCUT2D eigenvalue weighted by Gasteiger charge is -2.27. The van der Waals surface area contributed by atoms with E-state index in [0.717, 1.165) is 13.0 Å². The van der Waals surface area contributed by atoms with Crippen LogP contribution in [0.5, 0.6) is 0 Å². The second kappa shape index (κ2) is 6.83. The van der Waals surface area contributed by atoms with Crippen molar-refractivity contribution in [1.29, 1.82) is 0 Å². The van der Waals surface area contributed by atoms with Crippen molar-refractivity contribution in [3.8, 4) is 0 Å². The van der Waals surface area contributed by atoms with Gasteiger partial charge < -0.3 is 15.5 Å². The van der Waals surface area contributed by atoms with Gasteiger partial charge >= 0.3 is 0 Å². The summed E-state index contributed by atoms with van der Waals surface area (Å²) in [5.41, 5.74) is 2.47. The predicted molar refractivity (Wildman–Crippen MR) is 91.8 cm³/mol. The third kappa shape index (κ3) is 3.37. The van der Waals surface area contributed by atoms with E-state index in [2.05, 4.69) is 22.1 Å². The van der Waals surface area contributed by atoms with Crippen molar-refractivity contribution in [2.24, 2.45) is 0 Å². The maximum absolute atomic E-state index is 12.4. The van der Waals surface area contributed by atoms with Crippen molar-refractivity contribution in [2.75, 3.05) is 25.5 Å². The van der Waals surface area contributed by atoms with Gasteiger partial charge in [0, 0.05) is 30.7 Å². The Kier molecular flexibility index (Phi) is 4.62. The second-order valence-corrected chi connectivity index (χ2v) is 6.41. The largest absolute Gasteiger partial charge is 0.376 e. The van der Waals surface area contributed by atoms with Crippen molar-refractivity contribution in [3.05, 3.63) is 51.7 Å². The third-order valence-corrected chi connectivity index (χ3v) is 5.01. The van der Waals surface area contributed by atoms with Crippen LogP contribution >= 0.6 is 11.3 Å². The fourth-order valence-corrected chi connectivity index (χ4v) is 3.60. The van der Waals surface area contributed by atoms with Gasteiger partial charge in [-0.1, -0.05) is 12.1 Å². The first-order chi connectivity index (χ1) is 11.2. The average Bonchev–Trinajstić information content (AvgIpc) is 3.06. The summed E-state index contributed by atoms with van der Waals surface area (Å²) < 4.78 is 0. The fourth-order valence-electron chi connectivity index (χ4n) is 2.71. The van der Waals surface area contributed by atoms with E-state index in [1.165, 1.54) is 10.4 Å². The Bertz CT molecular complexity index is 726. The minimum atomic E-state index is -0.165. The topological polar surface area (TPSA) is 61.4 Å². The van der Waals surface area contributed by atoms with Crippen molar-refractivity contribution in [3.63, 3.8) is 0 Å². The highest BCUT2D eigenvalue weighted by molar-refractivity contribution is 7.10. The van der Waals surface area contributed by atoms with Crippen molar-refractivity contribution < 1.29 is 9.59 Å². The summed E-state index contributed by atoms with van der Waals surface area (Å²) in [6.45, 7) is 1.62. The molecule has 23 heavy (non-hydrogen) atoms. The van der Waals surface area contributed by atoms with Gasteiger partial charge in [-0.05, 0) is 35.6 Å². The van der Waals surface area contributed by atoms with Crippen LogP contribution in [0, 0.1) is 0 Å². The molecule has 2 heterocycles. The van der Waals surface area contributed by atoms with Gasteiger partial charge in [-0.2, -0.15) is 0 Å². The van der Waals surface area contributed by atoms with E-state index in [0.29, 0.717) is 17.8 Å². The van der Waals surface area contributed by atoms with Gasteiger partial charge in [-0.25, -0.2) is 0 Å². The molecule has 2 aromatic rings. The molecule has 0 radical (unpaired) electrons. The Labute approximate surface area is 139 Å². The normalized spacial score (nSPS) is 13.3. The molecule has 5 nitrogen and oxygen atoms in total. The number of carbonyl (C=O) groups excluding carboxylic acids is 2. The maximum atomic E-state index is 12.4. The summed E-state index contributed by atoms with van der Waals surface area (Å²) in [6.07, 6.45) is 0.924. The van der Waals surface area contributed by atoms with E-state index in [4.69, 9.17) is 0 Å². The zero-order chi connectivity index (χ0) is 16.2. The van der Waals surface area contributed by atoms with Gasteiger partial charge in [0.1, 0.15) is 0 Å². The van der Waals surface area contributed by atoms with Crippen LogP contribution in [-0.2, 0) is 17.8 Å². The molecular weight excluding hydrogens is 310 g/mol. The minimum Gasteiger partial charge on any atom is -0.376 e. The zero-order valence-corrected chi connectivity index (χ0v) is 13.8. The van der Waals surface area contributed by atoms with Crippen LogP contribution in [0.2, 0.25) is 0 Å². The molecule has 0 atom stereocenters. The van der Waals surface area contributed by atoms with E-state index in [1.807, 2.05) is 17.0 Å². The molecule has 0 saturated carbocycles. The maximum Gasteiger partial charge on any atom is 0.253 e. The third-order valence-electron chi connectivity index (χ3n) is 3.99. The molecular formula is C17H19N3O2S. The molecule has 1 aromatic heterocycles. The standard InChI is InChI=1S/C17H19N3O2S/c1-18-17(22)13-4-2-3-5-14(13)19-10-16(21)20-8-6-15-12(11-20)7-9-23-15/h2-5,7,9,19H,6,8,10-11H2,1H3,(H,18,22). The molecule has 1 aliphatic rings. The molecule has 2 amide bonds. The van der Waals surface area contributed by atoms with E-state index < -0.39 is 0 Å². The summed E-state index contributed by atoms with van der Waals surface area (Å²) in [6, 6.07) is 9.29. The molecule has 0 unspecified atom stereocenters. The summed E-state index contributed by atoms with van der Waals surface area (Å²) in [5.74, 6) is -0.116. The molecule has 6 heteroatoms. The van der Waals surface area contributed by atoms with Gasteiger partial charge in [-0.3, -0.25) is 9.59 Å². The van der Waals surface area contributed by atoms with Crippen LogP contribution in [-0.4, -0.2) is 36.9 Å². The SMILES string of the molecule is CNC(=O)c1ccccc1NCC(=O)N1CCc2sccc2C1. The van der Waals surface area contributed by atoms with E-state index in [9.17, 15) is 9.59 Å². The molecule has 0 aliphatic carbocycles. The second-order valence-electron chi connectivity index (χ2n) is 5.41. The lowest BCUT2D eigenvalue weighted by atomic mass is 10.1. The first-order valence-electron chi connectivity index (χ1n) is 7.57. The number of hydrogen-bond donors (Lipinski definition) is 2. The molecule has 1 aromatic carbocycles. The number of fused-ring (bicyclic) bond motifs is 1. The van der Waals surface area contributed by atoms with Gasteiger partial charge in [0.25, 0.3) is 5.91 Å². The Morgan fingerprint density at radius 2 is 2.09 bits per heavy atom. The Morgan fingerprint density at radius 3 is 2.91 bits per heavy atom. The molecule has 3 rings (SSSR count). The summed E-state index contributed by atoms with van der Waals surface area (Å²) in [5, 5.41) is 7.78. The summed E-state index contributed by atoms with van der Waals surface area (Å²) >= 11 is 1.76. The fraction of sp³-hybridized carbons (Fsp3) is 0.294. The van der Waals surface area contributed by atoms with Gasteiger partial charge in [0.15, 0.2) is 0 Å². The highest BCUT2D eigenvalue weighted by Crippen LogP contribution is 2.24. The summed E-state index contributed by atoms with van der Waals surface area (Å²) in [4.78, 5) is 27.5. The van der Waals surface area contributed by atoms with E-state index >= 15 is 0 Å². The molecule has 0 bridgehead atoms. The first kappa shape index (κ1) is 15.6. The monoisotopic (exact) mass is 329 g/mol. The van der Waals surface area contributed by atoms with Gasteiger partial charge in [0.05, 0.1) is 12.1 Å². The number of hydrogen-bond acceptors (Lipinski definition) is 4. The Morgan fingerprint density at radius 1 is 1.26 bits per heavy atom. The number of thiophene rings is 1. The lowest BCUT2D eigenvalue weighted by molar-refractivity contribution is -0.130. The van der Waals surface area contributed by atoms with Crippen LogP contribution < -0.4 is 10.6 Å². The molecule has 2 N–H and O–H groups in total. The van der Waals surface area contributed by atoms with Crippen molar-refractivity contribution in [2.45, 2.75) is 13.0 Å². The van der Waals surface area contributed by atoms with Crippen molar-refractivity contribution >= 4 is 28.8 Å². The Balaban J connectivity index is 1.63. The number of anilines is 1. The molecule has 1 aliphatic heterocycles. The number of nitrogens with zero attached hydrogens (tertiary/aromatic N) is 1. The number of para-hydroxylation sites is 1. The minimum absolute atomic E-state index is 0.0496. The lowest BCUT2D eigenvalue weighted by Crippen LogP contribution is -2.39. The van der Waals surface area contributed by atoms with Crippen LogP contribution in [0.4, 0.5) is 5.69 Å². The highest BCUT2D eigenvalue weighted by Gasteiger charge is 2.21. The highest BCUT2D eigenvalue weighted by atomic mass is 32.1. The van der Waals surface area contributed by atoms with Crippen molar-refractivity contribution in [1.82, 2.24) is 10.2 Å². The van der Waals surface area contributed by atoms with Gasteiger partial charge in [0.2, 0.25) is 5.91 Å². The smallest absolute Gasteiger partial charge is 0.253 e. The zero-order valence-electron chi connectivity index (χ0n) is 13.0. The molecule has 0 spiro atoms. The van der Waals surface area contributed by atoms with Crippen LogP contribution in [0.3, 0.4) is 0 Å². The van der Waals surface area contributed by atoms with Crippen LogP contribution in [0.25, 0.3) is 0 Å².